The van der Waals surface area contributed by atoms with Crippen LogP contribution in [0.15, 0.2) is 30.5 Å². The van der Waals surface area contributed by atoms with Crippen molar-refractivity contribution in [3.8, 4) is 5.75 Å². The van der Waals surface area contributed by atoms with Crippen molar-refractivity contribution < 1.29 is 19.0 Å². The molecule has 5 nitrogen and oxygen atoms in total. The highest BCUT2D eigenvalue weighted by Crippen LogP contribution is 2.16. The van der Waals surface area contributed by atoms with E-state index in [1.807, 2.05) is 24.3 Å². The Morgan fingerprint density at radius 2 is 2.21 bits per heavy atom. The summed E-state index contributed by atoms with van der Waals surface area (Å²) >= 11 is 0. The van der Waals surface area contributed by atoms with Crippen LogP contribution in [0.2, 0.25) is 0 Å². The number of benzene rings is 1. The molecule has 0 aromatic heterocycles. The van der Waals surface area contributed by atoms with Crippen LogP contribution in [-0.4, -0.2) is 32.0 Å². The fraction of sp³-hybridized carbons (Fsp3) is 0.357. The summed E-state index contributed by atoms with van der Waals surface area (Å²) in [4.78, 5) is 11.0. The topological polar surface area (TPSA) is 60.1 Å². The van der Waals surface area contributed by atoms with Gasteiger partial charge < -0.3 is 14.2 Å². The Morgan fingerprint density at radius 1 is 1.47 bits per heavy atom. The maximum Gasteiger partial charge on any atom is 0.411 e. The molecule has 0 spiro atoms. The first-order valence-corrected chi connectivity index (χ1v) is 6.22. The summed E-state index contributed by atoms with van der Waals surface area (Å²) in [5.74, 6) is 0.811. The van der Waals surface area contributed by atoms with E-state index < -0.39 is 6.09 Å². The highest BCUT2D eigenvalue weighted by atomic mass is 16.6. The maximum absolute atomic E-state index is 11.0. The van der Waals surface area contributed by atoms with Crippen LogP contribution in [0.5, 0.6) is 5.75 Å². The van der Waals surface area contributed by atoms with Crippen molar-refractivity contribution in [1.82, 2.24) is 5.32 Å². The van der Waals surface area contributed by atoms with Crippen LogP contribution in [0.1, 0.15) is 12.5 Å². The minimum Gasteiger partial charge on any atom is -0.491 e. The lowest BCUT2D eigenvalue weighted by Crippen LogP contribution is -2.17. The molecule has 1 unspecified atom stereocenters. The van der Waals surface area contributed by atoms with Gasteiger partial charge in [-0.2, -0.15) is 0 Å². The summed E-state index contributed by atoms with van der Waals surface area (Å²) in [6.45, 7) is 3.51. The van der Waals surface area contributed by atoms with Gasteiger partial charge in [0.2, 0.25) is 0 Å². The number of carbonyl (C=O) groups is 1. The standard InChI is InChI=1S/C14H17NO4/c1-2-17-14(16)15-8-7-11-3-5-12(6-4-11)18-9-13-10-19-13/h3-8,13H,2,9-10H2,1H3,(H,15,16). The first kappa shape index (κ1) is 13.4. The average Bonchev–Trinajstić information content (AvgIpc) is 3.22. The van der Waals surface area contributed by atoms with Crippen LogP contribution in [0.25, 0.3) is 6.08 Å². The molecule has 0 bridgehead atoms. The zero-order valence-corrected chi connectivity index (χ0v) is 10.8. The Labute approximate surface area is 112 Å². The third kappa shape index (κ3) is 5.01. The Morgan fingerprint density at radius 3 is 2.84 bits per heavy atom. The van der Waals surface area contributed by atoms with Gasteiger partial charge in [0, 0.05) is 6.20 Å². The van der Waals surface area contributed by atoms with Crippen molar-refractivity contribution in [2.75, 3.05) is 19.8 Å². The normalized spacial score (nSPS) is 17.2. The maximum atomic E-state index is 11.0. The molecule has 0 radical (unpaired) electrons. The summed E-state index contributed by atoms with van der Waals surface area (Å²) < 4.78 is 15.3. The molecule has 1 atom stereocenters. The molecule has 1 saturated heterocycles. The van der Waals surface area contributed by atoms with Gasteiger partial charge in [-0.3, -0.25) is 5.32 Å². The van der Waals surface area contributed by atoms with Crippen molar-refractivity contribution >= 4 is 12.2 Å². The molecule has 1 heterocycles. The van der Waals surface area contributed by atoms with Crippen molar-refractivity contribution in [3.63, 3.8) is 0 Å². The highest BCUT2D eigenvalue weighted by Gasteiger charge is 2.22. The summed E-state index contributed by atoms with van der Waals surface area (Å²) in [7, 11) is 0. The number of rotatable bonds is 6. The van der Waals surface area contributed by atoms with E-state index >= 15 is 0 Å². The molecule has 1 fully saturated rings. The van der Waals surface area contributed by atoms with Gasteiger partial charge in [0.1, 0.15) is 18.5 Å². The third-order valence-corrected chi connectivity index (χ3v) is 2.47. The molecular formula is C14H17NO4. The number of ether oxygens (including phenoxy) is 3. The van der Waals surface area contributed by atoms with E-state index in [-0.39, 0.29) is 6.10 Å². The lowest BCUT2D eigenvalue weighted by Gasteiger charge is -2.04. The number of amides is 1. The Balaban J connectivity index is 1.76. The predicted octanol–water partition coefficient (Wildman–Crippen LogP) is 2.18. The molecule has 1 aliphatic heterocycles. The number of alkyl carbamates (subject to hydrolysis) is 1. The minimum absolute atomic E-state index is 0.258. The lowest BCUT2D eigenvalue weighted by molar-refractivity contribution is 0.156. The average molecular weight is 263 g/mol. The van der Waals surface area contributed by atoms with Gasteiger partial charge in [0.05, 0.1) is 13.2 Å². The van der Waals surface area contributed by atoms with Crippen LogP contribution in [-0.2, 0) is 9.47 Å². The molecule has 1 amide bonds. The molecule has 1 aromatic carbocycles. The molecule has 102 valence electrons. The number of hydrogen-bond acceptors (Lipinski definition) is 4. The number of epoxide rings is 1. The molecule has 19 heavy (non-hydrogen) atoms. The predicted molar refractivity (Wildman–Crippen MR) is 70.9 cm³/mol. The van der Waals surface area contributed by atoms with E-state index in [0.717, 1.165) is 17.9 Å². The van der Waals surface area contributed by atoms with Crippen LogP contribution in [0.4, 0.5) is 4.79 Å². The van der Waals surface area contributed by atoms with Crippen LogP contribution >= 0.6 is 0 Å². The molecular weight excluding hydrogens is 246 g/mol. The molecule has 1 aliphatic rings. The minimum atomic E-state index is -0.455. The second kappa shape index (κ2) is 6.80. The smallest absolute Gasteiger partial charge is 0.411 e. The molecule has 0 aliphatic carbocycles. The van der Waals surface area contributed by atoms with Crippen molar-refractivity contribution in [2.24, 2.45) is 0 Å². The number of hydrogen-bond donors (Lipinski definition) is 1. The second-order valence-electron chi connectivity index (χ2n) is 4.03. The van der Waals surface area contributed by atoms with Gasteiger partial charge in [-0.05, 0) is 30.7 Å². The van der Waals surface area contributed by atoms with Gasteiger partial charge >= 0.3 is 6.09 Å². The Kier molecular flexibility index (Phi) is 4.80. The number of nitrogens with one attached hydrogen (secondary N) is 1. The van der Waals surface area contributed by atoms with Gasteiger partial charge in [-0.25, -0.2) is 4.79 Å². The molecule has 1 aromatic rings. The van der Waals surface area contributed by atoms with E-state index in [1.165, 1.54) is 0 Å². The van der Waals surface area contributed by atoms with Crippen molar-refractivity contribution in [1.29, 1.82) is 0 Å². The Hall–Kier alpha value is -2.01. The zero-order chi connectivity index (χ0) is 13.5. The number of carbonyl (C=O) groups excluding carboxylic acids is 1. The van der Waals surface area contributed by atoms with E-state index in [4.69, 9.17) is 14.2 Å². The second-order valence-corrected chi connectivity index (χ2v) is 4.03. The molecule has 1 N–H and O–H groups in total. The lowest BCUT2D eigenvalue weighted by atomic mass is 10.2. The van der Waals surface area contributed by atoms with Crippen LogP contribution in [0.3, 0.4) is 0 Å². The first-order valence-electron chi connectivity index (χ1n) is 6.22. The van der Waals surface area contributed by atoms with Gasteiger partial charge in [-0.15, -0.1) is 0 Å². The van der Waals surface area contributed by atoms with Crippen molar-refractivity contribution in [3.05, 3.63) is 36.0 Å². The van der Waals surface area contributed by atoms with Crippen molar-refractivity contribution in [2.45, 2.75) is 13.0 Å². The zero-order valence-electron chi connectivity index (χ0n) is 10.8. The van der Waals surface area contributed by atoms with E-state index in [1.54, 1.807) is 19.2 Å². The molecule has 5 heteroatoms. The highest BCUT2D eigenvalue weighted by molar-refractivity contribution is 5.69. The summed E-state index contributed by atoms with van der Waals surface area (Å²) in [5.41, 5.74) is 0.965. The fourth-order valence-electron chi connectivity index (χ4n) is 1.41. The third-order valence-electron chi connectivity index (χ3n) is 2.47. The molecule has 2 rings (SSSR count). The monoisotopic (exact) mass is 263 g/mol. The van der Waals surface area contributed by atoms with Crippen LogP contribution < -0.4 is 10.1 Å². The van der Waals surface area contributed by atoms with Gasteiger partial charge in [-0.1, -0.05) is 12.1 Å². The first-order chi connectivity index (χ1) is 9.28. The van der Waals surface area contributed by atoms with Gasteiger partial charge in [0.25, 0.3) is 0 Å². The largest absolute Gasteiger partial charge is 0.491 e. The SMILES string of the molecule is CCOC(=O)NC=Cc1ccc(OCC2CO2)cc1. The van der Waals surface area contributed by atoms with E-state index in [9.17, 15) is 4.79 Å². The summed E-state index contributed by atoms with van der Waals surface area (Å²) in [6.07, 6.45) is 3.13. The van der Waals surface area contributed by atoms with Crippen LogP contribution in [0, 0.1) is 0 Å². The summed E-state index contributed by atoms with van der Waals surface area (Å²) in [6, 6.07) is 7.58. The molecule has 0 saturated carbocycles. The Bertz CT molecular complexity index is 437. The summed E-state index contributed by atoms with van der Waals surface area (Å²) in [5, 5.41) is 2.51. The fourth-order valence-corrected chi connectivity index (χ4v) is 1.41. The van der Waals surface area contributed by atoms with E-state index in [2.05, 4.69) is 5.32 Å². The quantitative estimate of drug-likeness (QED) is 0.799. The van der Waals surface area contributed by atoms with E-state index in [0.29, 0.717) is 13.2 Å². The van der Waals surface area contributed by atoms with Gasteiger partial charge in [0.15, 0.2) is 0 Å².